The van der Waals surface area contributed by atoms with Gasteiger partial charge in [0.05, 0.1) is 23.4 Å². The maximum Gasteiger partial charge on any atom is 0.273 e. The van der Waals surface area contributed by atoms with Crippen molar-refractivity contribution < 1.29 is 19.0 Å². The van der Waals surface area contributed by atoms with Crippen LogP contribution in [0, 0.1) is 0 Å². The Morgan fingerprint density at radius 1 is 1.18 bits per heavy atom. The van der Waals surface area contributed by atoms with E-state index in [2.05, 4.69) is 23.3 Å². The summed E-state index contributed by atoms with van der Waals surface area (Å²) in [5, 5.41) is 0.691. The number of ether oxygens (including phenoxy) is 3. The van der Waals surface area contributed by atoms with Crippen molar-refractivity contribution in [1.82, 2.24) is 9.88 Å². The van der Waals surface area contributed by atoms with Gasteiger partial charge < -0.3 is 14.2 Å². The summed E-state index contributed by atoms with van der Waals surface area (Å²) in [5.74, 6) is 1.13. The number of aromatic nitrogens is 1. The lowest BCUT2D eigenvalue weighted by Gasteiger charge is -2.34. The van der Waals surface area contributed by atoms with Crippen LogP contribution in [0.15, 0.2) is 47.4 Å². The van der Waals surface area contributed by atoms with Crippen LogP contribution in [0.25, 0.3) is 10.2 Å². The smallest absolute Gasteiger partial charge is 0.273 e. The molecular formula is C24H28ClN3O4S2. The van der Waals surface area contributed by atoms with E-state index >= 15 is 0 Å². The van der Waals surface area contributed by atoms with Gasteiger partial charge in [-0.2, -0.15) is 0 Å². The number of benzene rings is 2. The highest BCUT2D eigenvalue weighted by Crippen LogP contribution is 2.36. The number of nitrogens with zero attached hydrogens (tertiary/aromatic N) is 3. The maximum atomic E-state index is 13.8. The van der Waals surface area contributed by atoms with Crippen LogP contribution in [0.2, 0.25) is 0 Å². The highest BCUT2D eigenvalue weighted by Gasteiger charge is 2.38. The van der Waals surface area contributed by atoms with Crippen LogP contribution >= 0.6 is 35.5 Å². The molecule has 10 heteroatoms. The van der Waals surface area contributed by atoms with Crippen LogP contribution in [0.3, 0.4) is 0 Å². The molecule has 2 aliphatic heterocycles. The standard InChI is InChI=1S/C24H27N3O4S2.ClH/c1-16-22(31-20-6-4-3-5-19(20)30-16)23(28)27(10-9-26-11-13-29-14-12-26)24-25-18-8-7-17(32-2)15-21(18)33-24;/h3-8,15-16,22H,9-14H2,1-2H3;1H. The molecule has 2 aliphatic rings. The zero-order valence-corrected chi connectivity index (χ0v) is 21.6. The largest absolute Gasteiger partial charge is 0.482 e. The Balaban J connectivity index is 0.00000274. The molecule has 2 aromatic carbocycles. The van der Waals surface area contributed by atoms with Crippen LogP contribution in [0.1, 0.15) is 6.92 Å². The van der Waals surface area contributed by atoms with Gasteiger partial charge in [0.2, 0.25) is 6.10 Å². The third kappa shape index (κ3) is 5.28. The van der Waals surface area contributed by atoms with Crippen molar-refractivity contribution in [2.24, 2.45) is 0 Å². The fourth-order valence-electron chi connectivity index (χ4n) is 4.05. The number of para-hydroxylation sites is 2. The molecule has 7 nitrogen and oxygen atoms in total. The highest BCUT2D eigenvalue weighted by atomic mass is 35.5. The molecule has 5 rings (SSSR count). The van der Waals surface area contributed by atoms with Crippen molar-refractivity contribution >= 4 is 56.8 Å². The van der Waals surface area contributed by atoms with Crippen molar-refractivity contribution in [1.29, 1.82) is 0 Å². The third-order valence-electron chi connectivity index (χ3n) is 5.91. The number of hydrogen-bond donors (Lipinski definition) is 0. The first kappa shape index (κ1) is 25.1. The summed E-state index contributed by atoms with van der Waals surface area (Å²) >= 11 is 3.24. The van der Waals surface area contributed by atoms with E-state index in [-0.39, 0.29) is 18.3 Å². The van der Waals surface area contributed by atoms with Crippen molar-refractivity contribution in [2.75, 3.05) is 50.5 Å². The first-order chi connectivity index (χ1) is 16.1. The molecule has 34 heavy (non-hydrogen) atoms. The van der Waals surface area contributed by atoms with Crippen LogP contribution < -0.4 is 14.4 Å². The number of carbonyl (C=O) groups is 1. The lowest BCUT2D eigenvalue weighted by Crippen LogP contribution is -2.52. The molecular weight excluding hydrogens is 494 g/mol. The van der Waals surface area contributed by atoms with E-state index < -0.39 is 12.2 Å². The highest BCUT2D eigenvalue weighted by molar-refractivity contribution is 7.98. The Hall–Kier alpha value is -2.04. The Labute approximate surface area is 213 Å². The minimum atomic E-state index is -0.738. The van der Waals surface area contributed by atoms with Gasteiger partial charge >= 0.3 is 0 Å². The van der Waals surface area contributed by atoms with Crippen LogP contribution in [0.5, 0.6) is 11.5 Å². The molecule has 0 radical (unpaired) electrons. The SMILES string of the molecule is CSc1ccc2nc(N(CCN3CCOCC3)C(=O)C3Oc4ccccc4OC3C)sc2c1.Cl. The van der Waals surface area contributed by atoms with Gasteiger partial charge in [-0.1, -0.05) is 23.5 Å². The molecule has 0 saturated carbocycles. The quantitative estimate of drug-likeness (QED) is 0.447. The van der Waals surface area contributed by atoms with E-state index in [4.69, 9.17) is 19.2 Å². The summed E-state index contributed by atoms with van der Waals surface area (Å²) in [5.41, 5.74) is 0.899. The summed E-state index contributed by atoms with van der Waals surface area (Å²) in [6, 6.07) is 13.7. The zero-order valence-electron chi connectivity index (χ0n) is 19.1. The molecule has 1 amide bonds. The molecule has 1 saturated heterocycles. The molecule has 0 bridgehead atoms. The van der Waals surface area contributed by atoms with Crippen LogP contribution in [-0.2, 0) is 9.53 Å². The summed E-state index contributed by atoms with van der Waals surface area (Å²) in [4.78, 5) is 23.9. The first-order valence-electron chi connectivity index (χ1n) is 11.1. The van der Waals surface area contributed by atoms with E-state index in [0.29, 0.717) is 23.2 Å². The lowest BCUT2D eigenvalue weighted by atomic mass is 10.1. The van der Waals surface area contributed by atoms with E-state index in [1.807, 2.05) is 37.3 Å². The monoisotopic (exact) mass is 521 g/mol. The second-order valence-corrected chi connectivity index (χ2v) is 9.97. The molecule has 3 aromatic rings. The van der Waals surface area contributed by atoms with Gasteiger partial charge in [-0.3, -0.25) is 14.6 Å². The van der Waals surface area contributed by atoms with Gasteiger partial charge in [-0.15, -0.1) is 24.2 Å². The van der Waals surface area contributed by atoms with Gasteiger partial charge in [-0.05, 0) is 43.5 Å². The second-order valence-electron chi connectivity index (χ2n) is 8.08. The van der Waals surface area contributed by atoms with E-state index in [1.165, 1.54) is 4.90 Å². The van der Waals surface area contributed by atoms with Gasteiger partial charge in [-0.25, -0.2) is 4.98 Å². The van der Waals surface area contributed by atoms with Gasteiger partial charge in [0, 0.05) is 31.1 Å². The zero-order chi connectivity index (χ0) is 22.8. The first-order valence-corrected chi connectivity index (χ1v) is 13.1. The lowest BCUT2D eigenvalue weighted by molar-refractivity contribution is -0.130. The average Bonchev–Trinajstić information content (AvgIpc) is 3.27. The second kappa shape index (κ2) is 11.1. The minimum Gasteiger partial charge on any atom is -0.482 e. The van der Waals surface area contributed by atoms with Gasteiger partial charge in [0.25, 0.3) is 5.91 Å². The Morgan fingerprint density at radius 3 is 2.65 bits per heavy atom. The summed E-state index contributed by atoms with van der Waals surface area (Å²) in [6.45, 7) is 6.33. The number of hydrogen-bond acceptors (Lipinski definition) is 8. The number of morpholine rings is 1. The summed E-state index contributed by atoms with van der Waals surface area (Å²) in [7, 11) is 0. The number of thiazole rings is 1. The normalized spacial score (nSPS) is 20.1. The number of halogens is 1. The van der Waals surface area contributed by atoms with Crippen molar-refractivity contribution in [3.8, 4) is 11.5 Å². The molecule has 182 valence electrons. The number of rotatable bonds is 6. The molecule has 2 atom stereocenters. The number of thioether (sulfide) groups is 1. The Kier molecular flexibility index (Phi) is 8.21. The van der Waals surface area contributed by atoms with E-state index in [0.717, 1.165) is 43.1 Å². The summed E-state index contributed by atoms with van der Waals surface area (Å²) < 4.78 is 18.7. The van der Waals surface area contributed by atoms with Crippen molar-refractivity contribution in [3.63, 3.8) is 0 Å². The molecule has 1 aromatic heterocycles. The maximum absolute atomic E-state index is 13.8. The topological polar surface area (TPSA) is 64.1 Å². The molecule has 0 N–H and O–H groups in total. The minimum absolute atomic E-state index is 0. The molecule has 1 fully saturated rings. The third-order valence-corrected chi connectivity index (χ3v) is 7.68. The number of carbonyl (C=O) groups excluding carboxylic acids is 1. The molecule has 0 aliphatic carbocycles. The number of fused-ring (bicyclic) bond motifs is 2. The van der Waals surface area contributed by atoms with Crippen molar-refractivity contribution in [3.05, 3.63) is 42.5 Å². The number of amides is 1. The van der Waals surface area contributed by atoms with Crippen LogP contribution in [0.4, 0.5) is 5.13 Å². The summed E-state index contributed by atoms with van der Waals surface area (Å²) in [6.07, 6.45) is 0.912. The fraction of sp³-hybridized carbons (Fsp3) is 0.417. The van der Waals surface area contributed by atoms with Gasteiger partial charge in [0.1, 0.15) is 6.10 Å². The molecule has 0 spiro atoms. The van der Waals surface area contributed by atoms with E-state index in [1.54, 1.807) is 28.0 Å². The van der Waals surface area contributed by atoms with E-state index in [9.17, 15) is 4.79 Å². The molecule has 2 unspecified atom stereocenters. The van der Waals surface area contributed by atoms with Gasteiger partial charge in [0.15, 0.2) is 16.6 Å². The van der Waals surface area contributed by atoms with Crippen molar-refractivity contribution in [2.45, 2.75) is 24.0 Å². The molecule has 3 heterocycles. The fourth-order valence-corrected chi connectivity index (χ4v) is 5.60. The Bertz CT molecular complexity index is 1140. The number of anilines is 1. The van der Waals surface area contributed by atoms with Crippen LogP contribution in [-0.4, -0.2) is 73.6 Å². The predicted octanol–water partition coefficient (Wildman–Crippen LogP) is 4.33. The predicted molar refractivity (Wildman–Crippen MR) is 139 cm³/mol. The Morgan fingerprint density at radius 2 is 1.91 bits per heavy atom. The average molecular weight is 522 g/mol.